The molecule has 4 nitrogen and oxygen atoms in total. The van der Waals surface area contributed by atoms with E-state index in [9.17, 15) is 4.79 Å². The number of amides is 1. The van der Waals surface area contributed by atoms with Crippen LogP contribution in [0.2, 0.25) is 0 Å². The summed E-state index contributed by atoms with van der Waals surface area (Å²) in [4.78, 5) is 14.0. The van der Waals surface area contributed by atoms with Crippen molar-refractivity contribution < 1.29 is 9.53 Å². The normalized spacial score (nSPS) is 17.4. The molecular formula is C12H15BrN2O2. The number of rotatable bonds is 3. The van der Waals surface area contributed by atoms with Gasteiger partial charge in [-0.3, -0.25) is 4.79 Å². The molecular weight excluding hydrogens is 284 g/mol. The minimum absolute atomic E-state index is 0.0179. The van der Waals surface area contributed by atoms with Crippen molar-refractivity contribution in [2.75, 3.05) is 31.7 Å². The number of benzene rings is 1. The molecule has 0 bridgehead atoms. The van der Waals surface area contributed by atoms with Crippen molar-refractivity contribution in [3.05, 3.63) is 28.7 Å². The average Bonchev–Trinajstić information content (AvgIpc) is 2.27. The fourth-order valence-corrected chi connectivity index (χ4v) is 2.22. The molecule has 0 unspecified atom stereocenters. The largest absolute Gasteiger partial charge is 0.379 e. The summed E-state index contributed by atoms with van der Waals surface area (Å²) < 4.78 is 6.07. The van der Waals surface area contributed by atoms with Crippen LogP contribution in [0.4, 0.5) is 5.69 Å². The second kappa shape index (κ2) is 4.76. The minimum Gasteiger partial charge on any atom is -0.379 e. The van der Waals surface area contributed by atoms with Crippen LogP contribution in [0.25, 0.3) is 0 Å². The number of hydrogen-bond acceptors (Lipinski definition) is 3. The molecule has 5 heteroatoms. The van der Waals surface area contributed by atoms with Crippen LogP contribution in [0.3, 0.4) is 0 Å². The van der Waals surface area contributed by atoms with Crippen molar-refractivity contribution in [2.45, 2.75) is 0 Å². The Morgan fingerprint density at radius 3 is 2.76 bits per heavy atom. The fraction of sp³-hybridized carbons (Fsp3) is 0.417. The van der Waals surface area contributed by atoms with E-state index in [0.717, 1.165) is 10.2 Å². The van der Waals surface area contributed by atoms with Crippen molar-refractivity contribution >= 4 is 27.5 Å². The second-order valence-electron chi connectivity index (χ2n) is 4.32. The monoisotopic (exact) mass is 298 g/mol. The van der Waals surface area contributed by atoms with E-state index in [0.29, 0.717) is 19.8 Å². The van der Waals surface area contributed by atoms with E-state index < -0.39 is 5.41 Å². The quantitative estimate of drug-likeness (QED) is 0.917. The summed E-state index contributed by atoms with van der Waals surface area (Å²) in [5.41, 5.74) is 6.00. The number of halogens is 1. The third-order valence-electron chi connectivity index (χ3n) is 3.10. The molecule has 0 saturated carbocycles. The number of carbonyl (C=O) groups excluding carboxylic acids is 1. The van der Waals surface area contributed by atoms with Crippen molar-refractivity contribution in [3.63, 3.8) is 0 Å². The molecule has 0 atom stereocenters. The molecule has 0 aromatic heterocycles. The van der Waals surface area contributed by atoms with Crippen molar-refractivity contribution in [3.8, 4) is 0 Å². The van der Waals surface area contributed by atoms with Crippen LogP contribution < -0.4 is 10.6 Å². The molecule has 1 saturated heterocycles. The van der Waals surface area contributed by atoms with Gasteiger partial charge >= 0.3 is 0 Å². The smallest absolute Gasteiger partial charge is 0.238 e. The van der Waals surface area contributed by atoms with E-state index in [4.69, 9.17) is 10.5 Å². The predicted molar refractivity (Wildman–Crippen MR) is 69.9 cm³/mol. The highest BCUT2D eigenvalue weighted by molar-refractivity contribution is 9.10. The lowest BCUT2D eigenvalue weighted by Gasteiger charge is -2.41. The van der Waals surface area contributed by atoms with Crippen LogP contribution in [-0.4, -0.2) is 32.7 Å². The van der Waals surface area contributed by atoms with Gasteiger partial charge in [-0.2, -0.15) is 0 Å². The van der Waals surface area contributed by atoms with Crippen LogP contribution in [-0.2, 0) is 9.53 Å². The third kappa shape index (κ3) is 2.22. The summed E-state index contributed by atoms with van der Waals surface area (Å²) in [6.07, 6.45) is 0. The molecule has 0 radical (unpaired) electrons. The summed E-state index contributed by atoms with van der Waals surface area (Å²) in [5, 5.41) is 0. The Hall–Kier alpha value is -0.910. The molecule has 2 N–H and O–H groups in total. The van der Waals surface area contributed by atoms with Crippen LogP contribution in [0.15, 0.2) is 28.7 Å². The van der Waals surface area contributed by atoms with Gasteiger partial charge < -0.3 is 15.4 Å². The maximum atomic E-state index is 12.3. The van der Waals surface area contributed by atoms with E-state index in [1.165, 1.54) is 0 Å². The summed E-state index contributed by atoms with van der Waals surface area (Å²) >= 11 is 3.39. The highest BCUT2D eigenvalue weighted by atomic mass is 79.9. The first kappa shape index (κ1) is 12.5. The maximum Gasteiger partial charge on any atom is 0.238 e. The fourth-order valence-electron chi connectivity index (χ4n) is 1.83. The summed E-state index contributed by atoms with van der Waals surface area (Å²) in [5.74, 6) is 0.0179. The first-order chi connectivity index (χ1) is 8.09. The Bertz CT molecular complexity index is 427. The van der Waals surface area contributed by atoms with Gasteiger partial charge in [-0.05, 0) is 18.2 Å². The molecule has 1 heterocycles. The standard InChI is InChI=1S/C12H15BrN2O2/c1-15(10-4-2-3-9(13)5-10)11(16)12(6-14)7-17-8-12/h2-5H,6-8,14H2,1H3. The summed E-state index contributed by atoms with van der Waals surface area (Å²) in [7, 11) is 1.76. The molecule has 1 aliphatic rings. The zero-order valence-corrected chi connectivity index (χ0v) is 11.2. The Morgan fingerprint density at radius 1 is 1.59 bits per heavy atom. The lowest BCUT2D eigenvalue weighted by molar-refractivity contribution is -0.156. The highest BCUT2D eigenvalue weighted by Crippen LogP contribution is 2.30. The lowest BCUT2D eigenvalue weighted by atomic mass is 9.84. The van der Waals surface area contributed by atoms with Crippen molar-refractivity contribution in [1.82, 2.24) is 0 Å². The number of ether oxygens (including phenoxy) is 1. The van der Waals surface area contributed by atoms with E-state index >= 15 is 0 Å². The Kier molecular flexibility index (Phi) is 3.51. The zero-order valence-electron chi connectivity index (χ0n) is 9.65. The number of carbonyl (C=O) groups is 1. The summed E-state index contributed by atoms with van der Waals surface area (Å²) in [6, 6.07) is 7.62. The van der Waals surface area contributed by atoms with Gasteiger partial charge in [0.1, 0.15) is 5.41 Å². The van der Waals surface area contributed by atoms with Crippen LogP contribution >= 0.6 is 15.9 Å². The number of hydrogen-bond donors (Lipinski definition) is 1. The molecule has 0 aliphatic carbocycles. The minimum atomic E-state index is -0.531. The predicted octanol–water partition coefficient (Wildman–Crippen LogP) is 1.39. The number of nitrogens with two attached hydrogens (primary N) is 1. The molecule has 17 heavy (non-hydrogen) atoms. The van der Waals surface area contributed by atoms with Gasteiger partial charge in [-0.15, -0.1) is 0 Å². The van der Waals surface area contributed by atoms with Gasteiger partial charge in [0.05, 0.1) is 13.2 Å². The van der Waals surface area contributed by atoms with Gasteiger partial charge in [-0.25, -0.2) is 0 Å². The van der Waals surface area contributed by atoms with E-state index in [-0.39, 0.29) is 5.91 Å². The van der Waals surface area contributed by atoms with Gasteiger partial charge in [0.25, 0.3) is 0 Å². The van der Waals surface area contributed by atoms with Crippen LogP contribution in [0, 0.1) is 5.41 Å². The molecule has 1 aliphatic heterocycles. The molecule has 1 fully saturated rings. The summed E-state index contributed by atoms with van der Waals surface area (Å²) in [6.45, 7) is 1.16. The van der Waals surface area contributed by atoms with Crippen molar-refractivity contribution in [2.24, 2.45) is 11.1 Å². The third-order valence-corrected chi connectivity index (χ3v) is 3.59. The molecule has 1 aromatic rings. The molecule has 1 amide bonds. The van der Waals surface area contributed by atoms with Crippen LogP contribution in [0.1, 0.15) is 0 Å². The highest BCUT2D eigenvalue weighted by Gasteiger charge is 2.46. The van der Waals surface area contributed by atoms with Gasteiger partial charge in [-0.1, -0.05) is 22.0 Å². The first-order valence-corrected chi connectivity index (χ1v) is 6.20. The molecule has 1 aromatic carbocycles. The SMILES string of the molecule is CN(C(=O)C1(CN)COC1)c1cccc(Br)c1. The second-order valence-corrected chi connectivity index (χ2v) is 5.24. The van der Waals surface area contributed by atoms with Crippen LogP contribution in [0.5, 0.6) is 0 Å². The van der Waals surface area contributed by atoms with Gasteiger partial charge in [0.15, 0.2) is 0 Å². The Balaban J connectivity index is 2.20. The van der Waals surface area contributed by atoms with E-state index in [1.54, 1.807) is 11.9 Å². The zero-order chi connectivity index (χ0) is 12.5. The molecule has 2 rings (SSSR count). The molecule has 0 spiro atoms. The maximum absolute atomic E-state index is 12.3. The van der Waals surface area contributed by atoms with E-state index in [2.05, 4.69) is 15.9 Å². The number of anilines is 1. The number of nitrogens with zero attached hydrogens (tertiary/aromatic N) is 1. The first-order valence-electron chi connectivity index (χ1n) is 5.41. The Morgan fingerprint density at radius 2 is 2.29 bits per heavy atom. The average molecular weight is 299 g/mol. The topological polar surface area (TPSA) is 55.6 Å². The van der Waals surface area contributed by atoms with Gasteiger partial charge in [0.2, 0.25) is 5.91 Å². The molecule has 92 valence electrons. The van der Waals surface area contributed by atoms with Crippen molar-refractivity contribution in [1.29, 1.82) is 0 Å². The lowest BCUT2D eigenvalue weighted by Crippen LogP contribution is -2.58. The van der Waals surface area contributed by atoms with Gasteiger partial charge in [0, 0.05) is 23.8 Å². The Labute approximate surface area is 109 Å². The van der Waals surface area contributed by atoms with E-state index in [1.807, 2.05) is 24.3 Å².